The van der Waals surface area contributed by atoms with Crippen LogP contribution in [0.2, 0.25) is 0 Å². The van der Waals surface area contributed by atoms with Gasteiger partial charge in [-0.05, 0) is 38.3 Å². The van der Waals surface area contributed by atoms with Gasteiger partial charge in [-0.1, -0.05) is 57.0 Å². The summed E-state index contributed by atoms with van der Waals surface area (Å²) in [5.74, 6) is 0.474. The molecule has 0 aliphatic heterocycles. The van der Waals surface area contributed by atoms with Crippen LogP contribution < -0.4 is 5.73 Å². The van der Waals surface area contributed by atoms with E-state index in [1.165, 1.54) is 31.4 Å². The third kappa shape index (κ3) is 5.64. The molecular formula is C18H32N2. The summed E-state index contributed by atoms with van der Waals surface area (Å²) in [6, 6.07) is 11.2. The second kappa shape index (κ2) is 9.15. The van der Waals surface area contributed by atoms with Gasteiger partial charge in [0.15, 0.2) is 0 Å². The van der Waals surface area contributed by atoms with Gasteiger partial charge >= 0.3 is 0 Å². The lowest BCUT2D eigenvalue weighted by molar-refractivity contribution is 0.178. The van der Waals surface area contributed by atoms with Gasteiger partial charge in [0.1, 0.15) is 0 Å². The SMILES string of the molecule is CCCCCN(CC(C)C(N)c1ccccc1)C(C)C. The monoisotopic (exact) mass is 276 g/mol. The van der Waals surface area contributed by atoms with E-state index in [2.05, 4.69) is 56.9 Å². The first kappa shape index (κ1) is 17.2. The molecular weight excluding hydrogens is 244 g/mol. The zero-order valence-corrected chi connectivity index (χ0v) is 13.7. The van der Waals surface area contributed by atoms with E-state index in [0.29, 0.717) is 12.0 Å². The van der Waals surface area contributed by atoms with Crippen LogP contribution in [0.25, 0.3) is 0 Å². The van der Waals surface area contributed by atoms with E-state index in [4.69, 9.17) is 5.73 Å². The molecule has 20 heavy (non-hydrogen) atoms. The molecule has 0 radical (unpaired) electrons. The number of nitrogens with zero attached hydrogens (tertiary/aromatic N) is 1. The third-order valence-corrected chi connectivity index (χ3v) is 4.10. The molecule has 0 heterocycles. The second-order valence-electron chi connectivity index (χ2n) is 6.21. The Labute approximate surface area is 125 Å². The molecule has 0 fully saturated rings. The van der Waals surface area contributed by atoms with Crippen LogP contribution in [-0.4, -0.2) is 24.0 Å². The van der Waals surface area contributed by atoms with Gasteiger partial charge in [-0.25, -0.2) is 0 Å². The fraction of sp³-hybridized carbons (Fsp3) is 0.667. The molecule has 0 aliphatic carbocycles. The van der Waals surface area contributed by atoms with Crippen molar-refractivity contribution in [1.29, 1.82) is 0 Å². The van der Waals surface area contributed by atoms with E-state index in [0.717, 1.165) is 6.54 Å². The molecule has 0 spiro atoms. The van der Waals surface area contributed by atoms with Crippen LogP contribution in [0, 0.1) is 5.92 Å². The lowest BCUT2D eigenvalue weighted by atomic mass is 9.94. The summed E-state index contributed by atoms with van der Waals surface area (Å²) in [5.41, 5.74) is 7.66. The van der Waals surface area contributed by atoms with Crippen molar-refractivity contribution in [2.45, 2.75) is 59.0 Å². The lowest BCUT2D eigenvalue weighted by Gasteiger charge is -2.31. The van der Waals surface area contributed by atoms with E-state index in [-0.39, 0.29) is 6.04 Å². The van der Waals surface area contributed by atoms with Crippen molar-refractivity contribution in [1.82, 2.24) is 4.90 Å². The molecule has 0 saturated heterocycles. The summed E-state index contributed by atoms with van der Waals surface area (Å²) < 4.78 is 0. The molecule has 2 nitrogen and oxygen atoms in total. The quantitative estimate of drug-likeness (QED) is 0.684. The van der Waals surface area contributed by atoms with Gasteiger partial charge in [0.2, 0.25) is 0 Å². The molecule has 1 aromatic carbocycles. The minimum Gasteiger partial charge on any atom is -0.324 e. The second-order valence-corrected chi connectivity index (χ2v) is 6.21. The largest absolute Gasteiger partial charge is 0.324 e. The topological polar surface area (TPSA) is 29.3 Å². The smallest absolute Gasteiger partial charge is 0.0333 e. The molecule has 0 aromatic heterocycles. The van der Waals surface area contributed by atoms with Gasteiger partial charge < -0.3 is 10.6 Å². The first-order valence-corrected chi connectivity index (χ1v) is 8.10. The standard InChI is InChI=1S/C18H32N2/c1-5-6-10-13-20(15(2)3)14-16(4)18(19)17-11-8-7-9-12-17/h7-9,11-12,15-16,18H,5-6,10,13-14,19H2,1-4H3. The van der Waals surface area contributed by atoms with Crippen LogP contribution in [-0.2, 0) is 0 Å². The minimum absolute atomic E-state index is 0.128. The van der Waals surface area contributed by atoms with E-state index in [1.54, 1.807) is 0 Å². The van der Waals surface area contributed by atoms with Gasteiger partial charge in [0.25, 0.3) is 0 Å². The molecule has 1 aromatic rings. The van der Waals surface area contributed by atoms with E-state index < -0.39 is 0 Å². The first-order valence-electron chi connectivity index (χ1n) is 8.10. The van der Waals surface area contributed by atoms with Crippen molar-refractivity contribution < 1.29 is 0 Å². The van der Waals surface area contributed by atoms with Crippen molar-refractivity contribution in [3.63, 3.8) is 0 Å². The Bertz CT molecular complexity index is 348. The zero-order valence-electron chi connectivity index (χ0n) is 13.7. The van der Waals surface area contributed by atoms with Gasteiger partial charge in [0.05, 0.1) is 0 Å². The van der Waals surface area contributed by atoms with Crippen LogP contribution in [0.4, 0.5) is 0 Å². The summed E-state index contributed by atoms with van der Waals surface area (Å²) in [6.07, 6.45) is 3.90. The number of hydrogen-bond donors (Lipinski definition) is 1. The predicted molar refractivity (Wildman–Crippen MR) is 88.8 cm³/mol. The Morgan fingerprint density at radius 1 is 1.05 bits per heavy atom. The fourth-order valence-electron chi connectivity index (χ4n) is 2.61. The molecule has 114 valence electrons. The van der Waals surface area contributed by atoms with Crippen molar-refractivity contribution in [2.75, 3.05) is 13.1 Å². The van der Waals surface area contributed by atoms with Crippen molar-refractivity contribution >= 4 is 0 Å². The number of rotatable bonds is 9. The van der Waals surface area contributed by atoms with Gasteiger partial charge in [-0.2, -0.15) is 0 Å². The molecule has 2 N–H and O–H groups in total. The van der Waals surface area contributed by atoms with Crippen LogP contribution in [0.3, 0.4) is 0 Å². The molecule has 1 rings (SSSR count). The summed E-state index contributed by atoms with van der Waals surface area (Å²) in [7, 11) is 0. The van der Waals surface area contributed by atoms with Crippen LogP contribution in [0.5, 0.6) is 0 Å². The van der Waals surface area contributed by atoms with Gasteiger partial charge in [-0.15, -0.1) is 0 Å². The molecule has 2 unspecified atom stereocenters. The molecule has 0 aliphatic rings. The van der Waals surface area contributed by atoms with Crippen molar-refractivity contribution in [3.05, 3.63) is 35.9 Å². The fourth-order valence-corrected chi connectivity index (χ4v) is 2.61. The minimum atomic E-state index is 0.128. The van der Waals surface area contributed by atoms with E-state index in [1.807, 2.05) is 6.07 Å². The summed E-state index contributed by atoms with van der Waals surface area (Å²) in [5, 5.41) is 0. The first-order chi connectivity index (χ1) is 9.56. The molecule has 0 saturated carbocycles. The summed E-state index contributed by atoms with van der Waals surface area (Å²) >= 11 is 0. The zero-order chi connectivity index (χ0) is 15.0. The maximum atomic E-state index is 6.42. The molecule has 0 amide bonds. The Balaban J connectivity index is 2.54. The number of hydrogen-bond acceptors (Lipinski definition) is 2. The summed E-state index contributed by atoms with van der Waals surface area (Å²) in [4.78, 5) is 2.57. The van der Waals surface area contributed by atoms with Crippen LogP contribution in [0.15, 0.2) is 30.3 Å². The van der Waals surface area contributed by atoms with E-state index >= 15 is 0 Å². The van der Waals surface area contributed by atoms with Crippen molar-refractivity contribution in [2.24, 2.45) is 11.7 Å². The number of unbranched alkanes of at least 4 members (excludes halogenated alkanes) is 2. The Hall–Kier alpha value is -0.860. The maximum absolute atomic E-state index is 6.42. The number of benzene rings is 1. The average Bonchev–Trinajstić information content (AvgIpc) is 2.46. The third-order valence-electron chi connectivity index (χ3n) is 4.10. The Morgan fingerprint density at radius 3 is 2.25 bits per heavy atom. The highest BCUT2D eigenvalue weighted by atomic mass is 15.1. The normalized spacial score (nSPS) is 14.8. The van der Waals surface area contributed by atoms with Gasteiger partial charge in [0, 0.05) is 18.6 Å². The molecule has 2 atom stereocenters. The number of nitrogens with two attached hydrogens (primary N) is 1. The Kier molecular flexibility index (Phi) is 7.86. The predicted octanol–water partition coefficient (Wildman–Crippen LogP) is 4.22. The van der Waals surface area contributed by atoms with Crippen LogP contribution >= 0.6 is 0 Å². The van der Waals surface area contributed by atoms with Crippen LogP contribution in [0.1, 0.15) is 58.6 Å². The maximum Gasteiger partial charge on any atom is 0.0333 e. The highest BCUT2D eigenvalue weighted by molar-refractivity contribution is 5.19. The highest BCUT2D eigenvalue weighted by Crippen LogP contribution is 2.21. The van der Waals surface area contributed by atoms with Gasteiger partial charge in [-0.3, -0.25) is 0 Å². The molecule has 0 bridgehead atoms. The summed E-state index contributed by atoms with van der Waals surface area (Å²) in [6.45, 7) is 11.4. The molecule has 2 heteroatoms. The average molecular weight is 276 g/mol. The lowest BCUT2D eigenvalue weighted by Crippen LogP contribution is -2.38. The Morgan fingerprint density at radius 2 is 1.70 bits per heavy atom. The van der Waals surface area contributed by atoms with Crippen molar-refractivity contribution in [3.8, 4) is 0 Å². The van der Waals surface area contributed by atoms with E-state index in [9.17, 15) is 0 Å². The highest BCUT2D eigenvalue weighted by Gasteiger charge is 2.19.